The van der Waals surface area contributed by atoms with E-state index in [0.29, 0.717) is 44.2 Å². The third kappa shape index (κ3) is 4.34. The van der Waals surface area contributed by atoms with Crippen LogP contribution in [0, 0.1) is 5.92 Å². The summed E-state index contributed by atoms with van der Waals surface area (Å²) in [4.78, 5) is 19.8. The summed E-state index contributed by atoms with van der Waals surface area (Å²) in [6.45, 7) is 1.63. The zero-order valence-electron chi connectivity index (χ0n) is 16.1. The van der Waals surface area contributed by atoms with E-state index in [1.165, 1.54) is 12.1 Å². The van der Waals surface area contributed by atoms with Crippen LogP contribution in [0.1, 0.15) is 31.5 Å². The number of likely N-dealkylation sites (N-methyl/N-ethyl adjacent to an activating group) is 1. The van der Waals surface area contributed by atoms with Gasteiger partial charge in [0.25, 0.3) is 5.56 Å². The molecule has 1 aromatic carbocycles. The number of nitrogens with zero attached hydrogens (tertiary/aromatic N) is 3. The first-order chi connectivity index (χ1) is 13.8. The van der Waals surface area contributed by atoms with Gasteiger partial charge in [0, 0.05) is 19.5 Å². The predicted molar refractivity (Wildman–Crippen MR) is 113 cm³/mol. The Morgan fingerprint density at radius 2 is 2.00 bits per heavy atom. The zero-order chi connectivity index (χ0) is 20.7. The van der Waals surface area contributed by atoms with Gasteiger partial charge in [-0.1, -0.05) is 34.9 Å². The lowest BCUT2D eigenvalue weighted by molar-refractivity contribution is 0.329. The quantitative estimate of drug-likeness (QED) is 0.703. The summed E-state index contributed by atoms with van der Waals surface area (Å²) in [6.07, 6.45) is 6.59. The van der Waals surface area contributed by atoms with E-state index in [0.717, 1.165) is 18.4 Å². The van der Waals surface area contributed by atoms with Crippen LogP contribution in [0.2, 0.25) is 10.0 Å². The minimum absolute atomic E-state index is 0.0647. The number of phenols is 1. The standard InChI is InChI=1S/C21H22Cl2FN3O2/c1-26(9-12-4-6-14(24)7-5-12)11-17-25-19-18(15(22)8-16(23)20(19)28)21(29)27(17)10-13-2-3-13/h4,6,8,13,28H,2-3,5,7,9-11H2,1H3. The summed E-state index contributed by atoms with van der Waals surface area (Å²) in [5, 5.41) is 10.8. The molecule has 1 aromatic heterocycles. The third-order valence-corrected chi connectivity index (χ3v) is 5.98. The van der Waals surface area contributed by atoms with Crippen LogP contribution in [0.4, 0.5) is 4.39 Å². The largest absolute Gasteiger partial charge is 0.504 e. The highest BCUT2D eigenvalue weighted by molar-refractivity contribution is 6.39. The number of halogens is 3. The highest BCUT2D eigenvalue weighted by atomic mass is 35.5. The van der Waals surface area contributed by atoms with Crippen LogP contribution >= 0.6 is 23.2 Å². The molecule has 0 bridgehead atoms. The van der Waals surface area contributed by atoms with E-state index < -0.39 is 0 Å². The molecule has 0 atom stereocenters. The number of allylic oxidation sites excluding steroid dienone is 3. The van der Waals surface area contributed by atoms with Gasteiger partial charge in [0.15, 0.2) is 5.75 Å². The molecule has 29 heavy (non-hydrogen) atoms. The summed E-state index contributed by atoms with van der Waals surface area (Å²) < 4.78 is 14.9. The first-order valence-electron chi connectivity index (χ1n) is 9.66. The summed E-state index contributed by atoms with van der Waals surface area (Å²) in [6, 6.07) is 1.37. The Balaban J connectivity index is 1.71. The molecule has 154 valence electrons. The van der Waals surface area contributed by atoms with Crippen molar-refractivity contribution in [3.63, 3.8) is 0 Å². The number of benzene rings is 1. The van der Waals surface area contributed by atoms with E-state index in [1.807, 2.05) is 18.0 Å². The molecule has 1 fully saturated rings. The average Bonchev–Trinajstić information content (AvgIpc) is 3.48. The molecule has 2 aromatic rings. The van der Waals surface area contributed by atoms with Crippen molar-refractivity contribution >= 4 is 34.1 Å². The van der Waals surface area contributed by atoms with Gasteiger partial charge in [0.1, 0.15) is 17.2 Å². The van der Waals surface area contributed by atoms with Gasteiger partial charge in [0.2, 0.25) is 0 Å². The van der Waals surface area contributed by atoms with Gasteiger partial charge >= 0.3 is 0 Å². The molecule has 0 aliphatic heterocycles. The Labute approximate surface area is 178 Å². The van der Waals surface area contributed by atoms with E-state index in [9.17, 15) is 14.3 Å². The fourth-order valence-electron chi connectivity index (χ4n) is 3.65. The molecule has 0 amide bonds. The molecular formula is C21H22Cl2FN3O2. The second-order valence-electron chi connectivity index (χ2n) is 7.91. The van der Waals surface area contributed by atoms with Crippen LogP contribution in [0.25, 0.3) is 10.9 Å². The highest BCUT2D eigenvalue weighted by Crippen LogP contribution is 2.36. The SMILES string of the molecule is CN(CC1=CC=C(F)CC1)Cc1nc2c(O)c(Cl)cc(Cl)c2c(=O)n1CC1CC1. The molecule has 0 radical (unpaired) electrons. The van der Waals surface area contributed by atoms with Crippen LogP contribution in [-0.4, -0.2) is 33.1 Å². The number of phenolic OH excluding ortho intramolecular Hbond substituents is 1. The summed E-state index contributed by atoms with van der Waals surface area (Å²) in [5.41, 5.74) is 0.994. The second-order valence-corrected chi connectivity index (χ2v) is 8.72. The maximum atomic E-state index is 13.2. The van der Waals surface area contributed by atoms with E-state index in [1.54, 1.807) is 4.57 Å². The Kier molecular flexibility index (Phi) is 5.69. The topological polar surface area (TPSA) is 58.4 Å². The number of rotatable bonds is 6. The zero-order valence-corrected chi connectivity index (χ0v) is 17.6. The first kappa shape index (κ1) is 20.4. The molecular weight excluding hydrogens is 416 g/mol. The molecule has 5 nitrogen and oxygen atoms in total. The van der Waals surface area contributed by atoms with Crippen LogP contribution < -0.4 is 5.56 Å². The van der Waals surface area contributed by atoms with Crippen molar-refractivity contribution < 1.29 is 9.50 Å². The lowest BCUT2D eigenvalue weighted by atomic mass is 10.0. The predicted octanol–water partition coefficient (Wildman–Crippen LogP) is 4.82. The van der Waals surface area contributed by atoms with Gasteiger partial charge in [-0.05, 0) is 44.4 Å². The monoisotopic (exact) mass is 437 g/mol. The van der Waals surface area contributed by atoms with Gasteiger partial charge in [0.05, 0.1) is 22.0 Å². The van der Waals surface area contributed by atoms with Gasteiger partial charge in [-0.15, -0.1) is 0 Å². The fourth-order valence-corrected chi connectivity index (χ4v) is 4.18. The normalized spacial score (nSPS) is 17.0. The average molecular weight is 438 g/mol. The maximum Gasteiger partial charge on any atom is 0.263 e. The lowest BCUT2D eigenvalue weighted by Crippen LogP contribution is -2.31. The molecule has 2 aliphatic rings. The van der Waals surface area contributed by atoms with Crippen molar-refractivity contribution in [2.75, 3.05) is 13.6 Å². The van der Waals surface area contributed by atoms with Crippen LogP contribution in [0.15, 0.2) is 34.4 Å². The Bertz CT molecular complexity index is 1090. The van der Waals surface area contributed by atoms with Crippen molar-refractivity contribution in [2.45, 2.75) is 38.8 Å². The van der Waals surface area contributed by atoms with Gasteiger partial charge in [-0.3, -0.25) is 14.3 Å². The number of fused-ring (bicyclic) bond motifs is 1. The van der Waals surface area contributed by atoms with E-state index in [4.69, 9.17) is 23.2 Å². The molecule has 0 unspecified atom stereocenters. The molecule has 1 N–H and O–H groups in total. The van der Waals surface area contributed by atoms with Crippen molar-refractivity contribution in [3.05, 3.63) is 55.8 Å². The smallest absolute Gasteiger partial charge is 0.263 e. The molecule has 1 heterocycles. The van der Waals surface area contributed by atoms with Crippen molar-refractivity contribution in [3.8, 4) is 5.75 Å². The molecule has 2 aliphatic carbocycles. The van der Waals surface area contributed by atoms with Crippen molar-refractivity contribution in [2.24, 2.45) is 5.92 Å². The molecule has 8 heteroatoms. The Hall–Kier alpha value is -1.89. The van der Waals surface area contributed by atoms with Gasteiger partial charge in [-0.25, -0.2) is 9.37 Å². The molecule has 1 saturated carbocycles. The summed E-state index contributed by atoms with van der Waals surface area (Å²) >= 11 is 12.3. The van der Waals surface area contributed by atoms with Crippen molar-refractivity contribution in [1.29, 1.82) is 0 Å². The summed E-state index contributed by atoms with van der Waals surface area (Å²) in [7, 11) is 1.93. The molecule has 0 spiro atoms. The van der Waals surface area contributed by atoms with E-state index in [-0.39, 0.29) is 38.1 Å². The van der Waals surface area contributed by atoms with Crippen LogP contribution in [0.3, 0.4) is 0 Å². The minimum atomic E-state index is -0.260. The summed E-state index contributed by atoms with van der Waals surface area (Å²) in [5.74, 6) is 0.685. The second kappa shape index (κ2) is 8.09. The minimum Gasteiger partial charge on any atom is -0.504 e. The maximum absolute atomic E-state index is 13.2. The number of hydrogen-bond donors (Lipinski definition) is 1. The molecule has 4 rings (SSSR count). The third-order valence-electron chi connectivity index (χ3n) is 5.40. The highest BCUT2D eigenvalue weighted by Gasteiger charge is 2.26. The van der Waals surface area contributed by atoms with Crippen LogP contribution in [-0.2, 0) is 13.1 Å². The molecule has 0 saturated heterocycles. The van der Waals surface area contributed by atoms with E-state index in [2.05, 4.69) is 4.98 Å². The number of aromatic nitrogens is 2. The van der Waals surface area contributed by atoms with Crippen LogP contribution in [0.5, 0.6) is 5.75 Å². The van der Waals surface area contributed by atoms with Crippen molar-refractivity contribution in [1.82, 2.24) is 14.5 Å². The van der Waals surface area contributed by atoms with E-state index >= 15 is 0 Å². The fraction of sp³-hybridized carbons (Fsp3) is 0.429. The number of aromatic hydroxyl groups is 1. The number of hydrogen-bond acceptors (Lipinski definition) is 4. The first-order valence-corrected chi connectivity index (χ1v) is 10.4. The Morgan fingerprint density at radius 1 is 1.24 bits per heavy atom. The Morgan fingerprint density at radius 3 is 2.66 bits per heavy atom. The lowest BCUT2D eigenvalue weighted by Gasteiger charge is -2.22. The van der Waals surface area contributed by atoms with Gasteiger partial charge in [-0.2, -0.15) is 0 Å². The van der Waals surface area contributed by atoms with Gasteiger partial charge < -0.3 is 5.11 Å².